The minimum Gasteiger partial charge on any atom is -0.455 e. The summed E-state index contributed by atoms with van der Waals surface area (Å²) < 4.78 is 9.25. The van der Waals surface area contributed by atoms with Gasteiger partial charge in [0.05, 0.1) is 11.0 Å². The summed E-state index contributed by atoms with van der Waals surface area (Å²) in [6.45, 7) is 0. The van der Waals surface area contributed by atoms with Crippen LogP contribution in [0.15, 0.2) is 211 Å². The third-order valence-corrected chi connectivity index (χ3v) is 11.6. The largest absolute Gasteiger partial charge is 0.455 e. The van der Waals surface area contributed by atoms with Gasteiger partial charge in [-0.1, -0.05) is 170 Å². The second-order valence-electron chi connectivity index (χ2n) is 15.2. The number of rotatable bonds is 6. The van der Waals surface area contributed by atoms with Crippen molar-refractivity contribution in [2.45, 2.75) is 0 Å². The lowest BCUT2D eigenvalue weighted by Crippen LogP contribution is -2.00. The molecule has 0 bridgehead atoms. The molecule has 12 rings (SSSR count). The molecule has 0 saturated heterocycles. The van der Waals surface area contributed by atoms with Gasteiger partial charge in [0.25, 0.3) is 0 Å². The molecule has 0 spiro atoms. The SMILES string of the molecule is c1ccc(-c2nc(-c3ccc(-c4cccc5ccccc45)cc3)nc(-c3ccc4c(c3)oc3c(-c5ccccc5)cc(-n5c6ccccc6c6ccccc65)cc34)n2)cc1. The fourth-order valence-corrected chi connectivity index (χ4v) is 8.79. The summed E-state index contributed by atoms with van der Waals surface area (Å²) in [5.74, 6) is 1.80. The molecule has 0 amide bonds. The number of nitrogens with zero attached hydrogens (tertiary/aromatic N) is 4. The van der Waals surface area contributed by atoms with Gasteiger partial charge in [-0.15, -0.1) is 0 Å². The van der Waals surface area contributed by atoms with Gasteiger partial charge in [-0.25, -0.2) is 15.0 Å². The van der Waals surface area contributed by atoms with Crippen molar-refractivity contribution < 1.29 is 4.42 Å². The van der Waals surface area contributed by atoms with E-state index in [9.17, 15) is 0 Å². The van der Waals surface area contributed by atoms with Crippen LogP contribution >= 0.6 is 0 Å². The molecule has 0 atom stereocenters. The first-order valence-electron chi connectivity index (χ1n) is 20.2. The monoisotopic (exact) mass is 766 g/mol. The quantitative estimate of drug-likeness (QED) is 0.169. The molecular weight excluding hydrogens is 733 g/mol. The van der Waals surface area contributed by atoms with Gasteiger partial charge in [0, 0.05) is 49.5 Å². The van der Waals surface area contributed by atoms with Crippen LogP contribution in [-0.2, 0) is 0 Å². The van der Waals surface area contributed by atoms with E-state index in [0.717, 1.165) is 72.0 Å². The molecule has 0 unspecified atom stereocenters. The van der Waals surface area contributed by atoms with E-state index < -0.39 is 0 Å². The molecule has 0 radical (unpaired) electrons. The van der Waals surface area contributed by atoms with Crippen LogP contribution in [0.4, 0.5) is 0 Å². The topological polar surface area (TPSA) is 56.7 Å². The van der Waals surface area contributed by atoms with Crippen LogP contribution in [0.25, 0.3) is 117 Å². The van der Waals surface area contributed by atoms with Crippen LogP contribution in [0.2, 0.25) is 0 Å². The number of benzene rings is 9. The highest BCUT2D eigenvalue weighted by Crippen LogP contribution is 2.41. The zero-order chi connectivity index (χ0) is 39.6. The molecule has 3 heterocycles. The van der Waals surface area contributed by atoms with E-state index in [1.807, 2.05) is 30.3 Å². The number of furan rings is 1. The molecular formula is C55H34N4O. The number of hydrogen-bond donors (Lipinski definition) is 0. The van der Waals surface area contributed by atoms with Crippen LogP contribution in [-0.4, -0.2) is 19.5 Å². The smallest absolute Gasteiger partial charge is 0.164 e. The van der Waals surface area contributed by atoms with Crippen molar-refractivity contribution in [1.82, 2.24) is 19.5 Å². The Morgan fingerprint density at radius 1 is 0.333 bits per heavy atom. The summed E-state index contributed by atoms with van der Waals surface area (Å²) in [5.41, 5.74) is 12.1. The van der Waals surface area contributed by atoms with E-state index in [2.05, 4.69) is 180 Å². The van der Waals surface area contributed by atoms with Crippen LogP contribution in [0.3, 0.4) is 0 Å². The molecule has 5 heteroatoms. The van der Waals surface area contributed by atoms with Crippen molar-refractivity contribution in [3.63, 3.8) is 0 Å². The number of para-hydroxylation sites is 2. The predicted molar refractivity (Wildman–Crippen MR) is 246 cm³/mol. The molecule has 0 fully saturated rings. The molecule has 12 aromatic rings. The highest BCUT2D eigenvalue weighted by atomic mass is 16.3. The number of aromatic nitrogens is 4. The lowest BCUT2D eigenvalue weighted by Gasteiger charge is -2.11. The summed E-state index contributed by atoms with van der Waals surface area (Å²) >= 11 is 0. The molecule has 0 aliphatic carbocycles. The first-order valence-corrected chi connectivity index (χ1v) is 20.2. The van der Waals surface area contributed by atoms with E-state index in [0.29, 0.717) is 17.5 Å². The third kappa shape index (κ3) is 5.59. The Hall–Kier alpha value is -8.15. The molecule has 60 heavy (non-hydrogen) atoms. The molecule has 0 saturated carbocycles. The van der Waals surface area contributed by atoms with E-state index in [4.69, 9.17) is 19.4 Å². The average Bonchev–Trinajstić information content (AvgIpc) is 3.87. The highest BCUT2D eigenvalue weighted by Gasteiger charge is 2.20. The Morgan fingerprint density at radius 3 is 1.55 bits per heavy atom. The van der Waals surface area contributed by atoms with Crippen LogP contribution < -0.4 is 0 Å². The van der Waals surface area contributed by atoms with E-state index in [1.165, 1.54) is 27.1 Å². The lowest BCUT2D eigenvalue weighted by molar-refractivity contribution is 0.670. The van der Waals surface area contributed by atoms with Gasteiger partial charge in [0.1, 0.15) is 11.2 Å². The molecule has 0 aliphatic rings. The lowest BCUT2D eigenvalue weighted by atomic mass is 9.97. The molecule has 5 nitrogen and oxygen atoms in total. The minimum absolute atomic E-state index is 0.577. The highest BCUT2D eigenvalue weighted by molar-refractivity contribution is 6.13. The first-order chi connectivity index (χ1) is 29.7. The van der Waals surface area contributed by atoms with Crippen molar-refractivity contribution >= 4 is 54.5 Å². The maximum absolute atomic E-state index is 6.88. The van der Waals surface area contributed by atoms with Gasteiger partial charge < -0.3 is 8.98 Å². The maximum Gasteiger partial charge on any atom is 0.164 e. The Labute approximate surface area is 345 Å². The van der Waals surface area contributed by atoms with Gasteiger partial charge >= 0.3 is 0 Å². The van der Waals surface area contributed by atoms with Gasteiger partial charge in [0.2, 0.25) is 0 Å². The fraction of sp³-hybridized carbons (Fsp3) is 0. The van der Waals surface area contributed by atoms with Gasteiger partial charge in [-0.3, -0.25) is 0 Å². The Kier molecular flexibility index (Phi) is 7.78. The van der Waals surface area contributed by atoms with Crippen molar-refractivity contribution in [1.29, 1.82) is 0 Å². The van der Waals surface area contributed by atoms with Crippen molar-refractivity contribution in [2.75, 3.05) is 0 Å². The second-order valence-corrected chi connectivity index (χ2v) is 15.2. The van der Waals surface area contributed by atoms with Crippen molar-refractivity contribution in [2.24, 2.45) is 0 Å². The van der Waals surface area contributed by atoms with Gasteiger partial charge in [-0.2, -0.15) is 0 Å². The molecule has 9 aromatic carbocycles. The maximum atomic E-state index is 6.88. The molecule has 0 N–H and O–H groups in total. The Morgan fingerprint density at radius 2 is 0.850 bits per heavy atom. The normalized spacial score (nSPS) is 11.7. The van der Waals surface area contributed by atoms with E-state index in [-0.39, 0.29) is 0 Å². The average molecular weight is 767 g/mol. The molecule has 0 aliphatic heterocycles. The molecule has 280 valence electrons. The van der Waals surface area contributed by atoms with Crippen LogP contribution in [0.5, 0.6) is 0 Å². The predicted octanol–water partition coefficient (Wildman–Crippen LogP) is 14.4. The Bertz CT molecular complexity index is 3530. The first kappa shape index (κ1) is 33.9. The zero-order valence-corrected chi connectivity index (χ0v) is 32.3. The summed E-state index contributed by atoms with van der Waals surface area (Å²) in [6, 6.07) is 72.2. The van der Waals surface area contributed by atoms with Gasteiger partial charge in [0.15, 0.2) is 17.5 Å². The summed E-state index contributed by atoms with van der Waals surface area (Å²) in [5, 5.41) is 6.96. The number of hydrogen-bond acceptors (Lipinski definition) is 4. The minimum atomic E-state index is 0.577. The fourth-order valence-electron chi connectivity index (χ4n) is 8.79. The standard InChI is InChI=1S/C55H34N4O/c1-3-14-36(15-4-1)47-33-41(59-49-24-11-9-21-44(49)45-22-10-12-25-50(45)59)34-48-46-31-30-40(32-51(46)60-52(47)48)55-57-53(38-17-5-2-6-18-38)56-54(58-55)39-28-26-37(27-29-39)43-23-13-19-35-16-7-8-20-42(35)43/h1-34H. The van der Waals surface area contributed by atoms with Crippen LogP contribution in [0, 0.1) is 0 Å². The van der Waals surface area contributed by atoms with Crippen molar-refractivity contribution in [3.8, 4) is 62.1 Å². The second kappa shape index (κ2) is 13.8. The molecule has 3 aromatic heterocycles. The van der Waals surface area contributed by atoms with Crippen molar-refractivity contribution in [3.05, 3.63) is 206 Å². The Balaban J connectivity index is 1.02. The summed E-state index contributed by atoms with van der Waals surface area (Å²) in [6.07, 6.45) is 0. The van der Waals surface area contributed by atoms with E-state index >= 15 is 0 Å². The third-order valence-electron chi connectivity index (χ3n) is 11.6. The summed E-state index contributed by atoms with van der Waals surface area (Å²) in [4.78, 5) is 15.2. The van der Waals surface area contributed by atoms with Crippen LogP contribution in [0.1, 0.15) is 0 Å². The van der Waals surface area contributed by atoms with Gasteiger partial charge in [-0.05, 0) is 63.9 Å². The zero-order valence-electron chi connectivity index (χ0n) is 32.3. The van der Waals surface area contributed by atoms with E-state index in [1.54, 1.807) is 0 Å². The number of fused-ring (bicyclic) bond motifs is 7. The summed E-state index contributed by atoms with van der Waals surface area (Å²) in [7, 11) is 0.